The van der Waals surface area contributed by atoms with Gasteiger partial charge in [-0.1, -0.05) is 25.3 Å². The first-order chi connectivity index (χ1) is 15.2. The highest BCUT2D eigenvalue weighted by Gasteiger charge is 2.49. The van der Waals surface area contributed by atoms with Gasteiger partial charge < -0.3 is 9.84 Å². The number of ether oxygens (including phenoxy) is 1. The monoisotopic (exact) mass is 440 g/mol. The van der Waals surface area contributed by atoms with Crippen molar-refractivity contribution in [2.45, 2.75) is 77.2 Å². The Morgan fingerprint density at radius 2 is 1.94 bits per heavy atom. The normalized spacial score (nSPS) is 22.5. The summed E-state index contributed by atoms with van der Waals surface area (Å²) in [6, 6.07) is 7.51. The lowest BCUT2D eigenvalue weighted by molar-refractivity contribution is 0.0242. The van der Waals surface area contributed by atoms with Gasteiger partial charge in [-0.25, -0.2) is 4.79 Å². The number of carbonyl (C=O) groups is 2. The predicted molar refractivity (Wildman–Crippen MR) is 121 cm³/mol. The number of aliphatic hydroxyl groups excluding tert-OH is 1. The van der Waals surface area contributed by atoms with Gasteiger partial charge in [0.2, 0.25) is 0 Å². The summed E-state index contributed by atoms with van der Waals surface area (Å²) in [6.07, 6.45) is 4.51. The molecule has 2 aliphatic rings. The minimum absolute atomic E-state index is 0.0786. The zero-order chi connectivity index (χ0) is 23.0. The number of methoxy groups -OCH3 is 1. The van der Waals surface area contributed by atoms with Gasteiger partial charge in [-0.15, -0.1) is 0 Å². The van der Waals surface area contributed by atoms with E-state index in [9.17, 15) is 14.7 Å². The number of carbonyl (C=O) groups excluding carboxylic acids is 2. The number of rotatable bonds is 5. The van der Waals surface area contributed by atoms with Gasteiger partial charge in [-0.3, -0.25) is 19.7 Å². The summed E-state index contributed by atoms with van der Waals surface area (Å²) in [4.78, 5) is 27.4. The van der Waals surface area contributed by atoms with E-state index in [1.165, 1.54) is 24.3 Å². The Kier molecular flexibility index (Phi) is 6.09. The van der Waals surface area contributed by atoms with Crippen LogP contribution in [0.15, 0.2) is 24.3 Å². The molecule has 8 nitrogen and oxygen atoms in total. The van der Waals surface area contributed by atoms with Crippen LogP contribution in [0.1, 0.15) is 71.1 Å². The smallest absolute Gasteiger partial charge is 0.358 e. The molecule has 0 spiro atoms. The van der Waals surface area contributed by atoms with Gasteiger partial charge in [0.05, 0.1) is 13.7 Å². The van der Waals surface area contributed by atoms with E-state index < -0.39 is 17.7 Å². The zero-order valence-electron chi connectivity index (χ0n) is 19.2. The molecule has 1 aliphatic heterocycles. The first-order valence-electron chi connectivity index (χ1n) is 11.3. The molecule has 0 saturated heterocycles. The first kappa shape index (κ1) is 22.5. The van der Waals surface area contributed by atoms with Crippen LogP contribution in [0, 0.1) is 13.8 Å². The molecular formula is C24H32N4O4. The molecular weight excluding hydrogens is 408 g/mol. The van der Waals surface area contributed by atoms with Gasteiger partial charge >= 0.3 is 5.97 Å². The van der Waals surface area contributed by atoms with Crippen LogP contribution in [0.5, 0.6) is 0 Å². The predicted octanol–water partition coefficient (Wildman–Crippen LogP) is 2.95. The average molecular weight is 441 g/mol. The maximum atomic E-state index is 13.7. The molecule has 2 unspecified atom stereocenters. The molecule has 1 aromatic carbocycles. The van der Waals surface area contributed by atoms with Crippen molar-refractivity contribution in [1.29, 1.82) is 0 Å². The lowest BCUT2D eigenvalue weighted by atomic mass is 9.90. The largest absolute Gasteiger partial charge is 0.464 e. The molecule has 2 N–H and O–H groups in total. The fourth-order valence-corrected chi connectivity index (χ4v) is 4.79. The highest BCUT2D eigenvalue weighted by molar-refractivity contribution is 6.08. The lowest BCUT2D eigenvalue weighted by Gasteiger charge is -2.48. The summed E-state index contributed by atoms with van der Waals surface area (Å²) in [6.45, 7) is 6.12. The summed E-state index contributed by atoms with van der Waals surface area (Å²) in [7, 11) is 1.28. The SMILES string of the molecule is COC(=O)c1cc2n(n1)CC(C)(C(O)NC1CCCCC1)N(c1ccc(C)c(C)c1)C2=O. The number of aliphatic hydroxyl groups is 1. The third kappa shape index (κ3) is 3.93. The van der Waals surface area contributed by atoms with Crippen molar-refractivity contribution in [3.05, 3.63) is 46.8 Å². The van der Waals surface area contributed by atoms with E-state index in [1.54, 1.807) is 4.90 Å². The number of anilines is 1. The summed E-state index contributed by atoms with van der Waals surface area (Å²) in [5.41, 5.74) is 2.25. The maximum Gasteiger partial charge on any atom is 0.358 e. The molecule has 1 aliphatic carbocycles. The Morgan fingerprint density at radius 1 is 1.22 bits per heavy atom. The van der Waals surface area contributed by atoms with Crippen LogP contribution in [-0.4, -0.2) is 51.7 Å². The molecule has 1 amide bonds. The van der Waals surface area contributed by atoms with Crippen molar-refractivity contribution in [2.24, 2.45) is 0 Å². The first-order valence-corrected chi connectivity index (χ1v) is 11.3. The lowest BCUT2D eigenvalue weighted by Crippen LogP contribution is -2.67. The van der Waals surface area contributed by atoms with Crippen LogP contribution in [0.3, 0.4) is 0 Å². The molecule has 172 valence electrons. The number of benzene rings is 1. The second-order valence-corrected chi connectivity index (χ2v) is 9.23. The van der Waals surface area contributed by atoms with E-state index in [1.807, 2.05) is 39.0 Å². The highest BCUT2D eigenvalue weighted by atomic mass is 16.5. The standard InChI is InChI=1S/C24H32N4O4/c1-15-10-11-18(12-16(15)2)28-21(29)20-13-19(22(30)32-4)26-27(20)14-24(28,3)23(31)25-17-8-6-5-7-9-17/h10-13,17,23,25,31H,5-9,14H2,1-4H3. The number of aryl methyl sites for hydroxylation is 2. The van der Waals surface area contributed by atoms with Gasteiger partial charge in [0.25, 0.3) is 5.91 Å². The van der Waals surface area contributed by atoms with Gasteiger partial charge in [0.1, 0.15) is 17.5 Å². The van der Waals surface area contributed by atoms with Gasteiger partial charge in [0, 0.05) is 17.8 Å². The Hall–Kier alpha value is -2.71. The van der Waals surface area contributed by atoms with Crippen molar-refractivity contribution >= 4 is 17.6 Å². The number of esters is 1. The molecule has 0 radical (unpaired) electrons. The second-order valence-electron chi connectivity index (χ2n) is 9.23. The molecule has 4 rings (SSSR count). The Morgan fingerprint density at radius 3 is 2.59 bits per heavy atom. The van der Waals surface area contributed by atoms with Crippen LogP contribution in [-0.2, 0) is 11.3 Å². The minimum Gasteiger partial charge on any atom is -0.464 e. The number of nitrogens with zero attached hydrogens (tertiary/aromatic N) is 3. The van der Waals surface area contributed by atoms with Crippen molar-refractivity contribution in [1.82, 2.24) is 15.1 Å². The number of aromatic nitrogens is 2. The van der Waals surface area contributed by atoms with E-state index in [0.717, 1.165) is 36.8 Å². The van der Waals surface area contributed by atoms with Crippen molar-refractivity contribution in [3.63, 3.8) is 0 Å². The number of fused-ring (bicyclic) bond motifs is 1. The molecule has 2 atom stereocenters. The van der Waals surface area contributed by atoms with E-state index in [4.69, 9.17) is 4.74 Å². The van der Waals surface area contributed by atoms with E-state index >= 15 is 0 Å². The summed E-state index contributed by atoms with van der Waals surface area (Å²) in [5, 5.41) is 19.1. The summed E-state index contributed by atoms with van der Waals surface area (Å²) in [5.74, 6) is -0.908. The summed E-state index contributed by atoms with van der Waals surface area (Å²) >= 11 is 0. The third-order valence-corrected chi connectivity index (χ3v) is 6.91. The topological polar surface area (TPSA) is 96.7 Å². The summed E-state index contributed by atoms with van der Waals surface area (Å²) < 4.78 is 6.30. The van der Waals surface area contributed by atoms with Crippen molar-refractivity contribution in [3.8, 4) is 0 Å². The molecule has 1 fully saturated rings. The fourth-order valence-electron chi connectivity index (χ4n) is 4.79. The minimum atomic E-state index is -1.01. The van der Waals surface area contributed by atoms with Gasteiger partial charge in [-0.05, 0) is 56.9 Å². The van der Waals surface area contributed by atoms with Crippen LogP contribution >= 0.6 is 0 Å². The van der Waals surface area contributed by atoms with Crippen LogP contribution in [0.25, 0.3) is 0 Å². The Labute approximate surface area is 188 Å². The van der Waals surface area contributed by atoms with Gasteiger partial charge in [-0.2, -0.15) is 5.10 Å². The van der Waals surface area contributed by atoms with Gasteiger partial charge in [0.15, 0.2) is 5.69 Å². The molecule has 8 heteroatoms. The molecule has 1 aromatic heterocycles. The Balaban J connectivity index is 1.76. The van der Waals surface area contributed by atoms with E-state index in [2.05, 4.69) is 10.4 Å². The number of hydrogen-bond acceptors (Lipinski definition) is 6. The quantitative estimate of drug-likeness (QED) is 0.548. The number of amides is 1. The van der Waals surface area contributed by atoms with Crippen LogP contribution in [0.2, 0.25) is 0 Å². The molecule has 1 saturated carbocycles. The molecule has 2 aromatic rings. The maximum absolute atomic E-state index is 13.7. The highest BCUT2D eigenvalue weighted by Crippen LogP contribution is 2.35. The van der Waals surface area contributed by atoms with Crippen LogP contribution < -0.4 is 10.2 Å². The van der Waals surface area contributed by atoms with E-state index in [0.29, 0.717) is 11.4 Å². The number of nitrogens with one attached hydrogen (secondary N) is 1. The third-order valence-electron chi connectivity index (χ3n) is 6.91. The average Bonchev–Trinajstić information content (AvgIpc) is 3.20. The zero-order valence-corrected chi connectivity index (χ0v) is 19.2. The molecule has 32 heavy (non-hydrogen) atoms. The second kappa shape index (κ2) is 8.67. The van der Waals surface area contributed by atoms with Crippen molar-refractivity contribution in [2.75, 3.05) is 12.0 Å². The molecule has 2 heterocycles. The fraction of sp³-hybridized carbons (Fsp3) is 0.542. The van der Waals surface area contributed by atoms with Crippen LogP contribution in [0.4, 0.5) is 5.69 Å². The number of hydrogen-bond donors (Lipinski definition) is 2. The van der Waals surface area contributed by atoms with E-state index in [-0.39, 0.29) is 24.2 Å². The molecule has 0 bridgehead atoms. The van der Waals surface area contributed by atoms with Crippen molar-refractivity contribution < 1.29 is 19.4 Å². The Bertz CT molecular complexity index is 1030.